The molecular formula is C15H16ClFN2O. The van der Waals surface area contributed by atoms with Gasteiger partial charge in [0.1, 0.15) is 6.04 Å². The summed E-state index contributed by atoms with van der Waals surface area (Å²) in [4.78, 5) is 12.1. The van der Waals surface area contributed by atoms with E-state index in [2.05, 4.69) is 11.4 Å². The Hall–Kier alpha value is -1.60. The van der Waals surface area contributed by atoms with Crippen molar-refractivity contribution >= 4 is 17.5 Å². The van der Waals surface area contributed by atoms with Gasteiger partial charge in [-0.25, -0.2) is 4.39 Å². The van der Waals surface area contributed by atoms with Crippen LogP contribution < -0.4 is 5.32 Å². The molecule has 0 heterocycles. The van der Waals surface area contributed by atoms with Crippen molar-refractivity contribution in [1.29, 1.82) is 5.26 Å². The number of benzene rings is 1. The number of nitrogens with one attached hydrogen (secondary N) is 1. The van der Waals surface area contributed by atoms with Crippen molar-refractivity contribution in [2.75, 3.05) is 0 Å². The van der Waals surface area contributed by atoms with Crippen LogP contribution in [-0.2, 0) is 0 Å². The van der Waals surface area contributed by atoms with Gasteiger partial charge in [-0.15, -0.1) is 0 Å². The standard InChI is InChI=1S/C15H16ClFN2O/c16-12-8-4-7-11(14(12)17)15(20)19-13(9-18)10-5-2-1-3-6-10/h4,7-8,10,13H,1-3,5-6H2,(H,19,20)/t13-/m0/s1. The molecule has 1 atom stereocenters. The molecule has 1 fully saturated rings. The number of nitriles is 1. The third kappa shape index (κ3) is 3.29. The minimum atomic E-state index is -0.744. The second-order valence-electron chi connectivity index (χ2n) is 5.08. The molecule has 0 saturated heterocycles. The highest BCUT2D eigenvalue weighted by Gasteiger charge is 2.26. The van der Waals surface area contributed by atoms with Gasteiger partial charge in [-0.2, -0.15) is 5.26 Å². The van der Waals surface area contributed by atoms with E-state index in [1.165, 1.54) is 24.6 Å². The first-order chi connectivity index (χ1) is 9.63. The van der Waals surface area contributed by atoms with Gasteiger partial charge in [0.25, 0.3) is 5.91 Å². The molecule has 0 aliphatic heterocycles. The first kappa shape index (κ1) is 14.8. The molecular weight excluding hydrogens is 279 g/mol. The Balaban J connectivity index is 2.09. The lowest BCUT2D eigenvalue weighted by Gasteiger charge is -2.26. The van der Waals surface area contributed by atoms with E-state index in [0.717, 1.165) is 25.7 Å². The van der Waals surface area contributed by atoms with Gasteiger partial charge >= 0.3 is 0 Å². The summed E-state index contributed by atoms with van der Waals surface area (Å²) in [5.74, 6) is -1.17. The SMILES string of the molecule is N#C[C@H](NC(=O)c1cccc(Cl)c1F)C1CCCCC1. The molecule has 1 aromatic rings. The van der Waals surface area contributed by atoms with Crippen LogP contribution in [0.2, 0.25) is 5.02 Å². The smallest absolute Gasteiger partial charge is 0.255 e. The Morgan fingerprint density at radius 3 is 2.75 bits per heavy atom. The maximum Gasteiger partial charge on any atom is 0.255 e. The van der Waals surface area contributed by atoms with Gasteiger partial charge in [-0.1, -0.05) is 36.9 Å². The van der Waals surface area contributed by atoms with E-state index in [9.17, 15) is 14.4 Å². The Morgan fingerprint density at radius 1 is 1.40 bits per heavy atom. The van der Waals surface area contributed by atoms with Crippen molar-refractivity contribution in [3.8, 4) is 6.07 Å². The zero-order chi connectivity index (χ0) is 14.5. The lowest BCUT2D eigenvalue weighted by molar-refractivity contribution is 0.0925. The predicted octanol–water partition coefficient (Wildman–Crippen LogP) is 3.68. The van der Waals surface area contributed by atoms with Gasteiger partial charge in [-0.05, 0) is 30.9 Å². The summed E-state index contributed by atoms with van der Waals surface area (Å²) >= 11 is 5.66. The number of nitrogens with zero attached hydrogens (tertiary/aromatic N) is 1. The fourth-order valence-electron chi connectivity index (χ4n) is 2.62. The van der Waals surface area contributed by atoms with E-state index in [-0.39, 0.29) is 16.5 Å². The van der Waals surface area contributed by atoms with Gasteiger partial charge in [0.15, 0.2) is 5.82 Å². The van der Waals surface area contributed by atoms with E-state index < -0.39 is 17.8 Å². The van der Waals surface area contributed by atoms with E-state index >= 15 is 0 Å². The minimum Gasteiger partial charge on any atom is -0.336 e. The van der Waals surface area contributed by atoms with Crippen molar-refractivity contribution in [2.45, 2.75) is 38.1 Å². The second kappa shape index (κ2) is 6.71. The van der Waals surface area contributed by atoms with Crippen LogP contribution in [0.1, 0.15) is 42.5 Å². The first-order valence-corrected chi connectivity index (χ1v) is 7.15. The molecule has 0 spiro atoms. The Labute approximate surface area is 122 Å². The van der Waals surface area contributed by atoms with Gasteiger partial charge in [0.05, 0.1) is 16.7 Å². The number of halogens is 2. The van der Waals surface area contributed by atoms with E-state index in [1.807, 2.05) is 0 Å². The third-order valence-electron chi connectivity index (χ3n) is 3.74. The topological polar surface area (TPSA) is 52.9 Å². The molecule has 1 aromatic carbocycles. The van der Waals surface area contributed by atoms with Crippen molar-refractivity contribution in [1.82, 2.24) is 5.32 Å². The van der Waals surface area contributed by atoms with Crippen LogP contribution in [0.25, 0.3) is 0 Å². The highest BCUT2D eigenvalue weighted by atomic mass is 35.5. The Kier molecular flexibility index (Phi) is 4.97. The first-order valence-electron chi connectivity index (χ1n) is 6.78. The van der Waals surface area contributed by atoms with Gasteiger partial charge in [-0.3, -0.25) is 4.79 Å². The van der Waals surface area contributed by atoms with Crippen molar-refractivity contribution in [3.05, 3.63) is 34.6 Å². The summed E-state index contributed by atoms with van der Waals surface area (Å²) < 4.78 is 13.8. The zero-order valence-corrected chi connectivity index (χ0v) is 11.8. The summed E-state index contributed by atoms with van der Waals surface area (Å²) in [5, 5.41) is 11.7. The number of carbonyl (C=O) groups excluding carboxylic acids is 1. The molecule has 2 rings (SSSR count). The minimum absolute atomic E-state index is 0.0937. The molecule has 1 saturated carbocycles. The van der Waals surface area contributed by atoms with Gasteiger partial charge in [0, 0.05) is 0 Å². The predicted molar refractivity (Wildman–Crippen MR) is 74.9 cm³/mol. The van der Waals surface area contributed by atoms with Crippen LogP contribution in [0.3, 0.4) is 0 Å². The quantitative estimate of drug-likeness (QED) is 0.924. The molecule has 5 heteroatoms. The molecule has 0 bridgehead atoms. The van der Waals surface area contributed by atoms with Crippen LogP contribution in [0, 0.1) is 23.1 Å². The largest absolute Gasteiger partial charge is 0.336 e. The number of rotatable bonds is 3. The molecule has 0 aromatic heterocycles. The second-order valence-corrected chi connectivity index (χ2v) is 5.49. The van der Waals surface area contributed by atoms with E-state index in [0.29, 0.717) is 0 Å². The van der Waals surface area contributed by atoms with Crippen LogP contribution in [0.4, 0.5) is 4.39 Å². The lowest BCUT2D eigenvalue weighted by atomic mass is 9.84. The summed E-state index contributed by atoms with van der Waals surface area (Å²) in [6.07, 6.45) is 5.17. The summed E-state index contributed by atoms with van der Waals surface area (Å²) in [7, 11) is 0. The highest BCUT2D eigenvalue weighted by Crippen LogP contribution is 2.26. The fourth-order valence-corrected chi connectivity index (χ4v) is 2.80. The van der Waals surface area contributed by atoms with Crippen molar-refractivity contribution in [3.63, 3.8) is 0 Å². The van der Waals surface area contributed by atoms with Crippen molar-refractivity contribution < 1.29 is 9.18 Å². The van der Waals surface area contributed by atoms with Crippen LogP contribution >= 0.6 is 11.6 Å². The molecule has 1 N–H and O–H groups in total. The molecule has 1 amide bonds. The van der Waals surface area contributed by atoms with Crippen LogP contribution in [-0.4, -0.2) is 11.9 Å². The average Bonchev–Trinajstić information content (AvgIpc) is 2.48. The lowest BCUT2D eigenvalue weighted by Crippen LogP contribution is -2.40. The number of carbonyl (C=O) groups is 1. The maximum atomic E-state index is 13.8. The molecule has 0 unspecified atom stereocenters. The van der Waals surface area contributed by atoms with E-state index in [1.54, 1.807) is 0 Å². The summed E-state index contributed by atoms with van der Waals surface area (Å²) in [5.41, 5.74) is -0.117. The van der Waals surface area contributed by atoms with Crippen LogP contribution in [0.5, 0.6) is 0 Å². The molecule has 106 valence electrons. The number of amides is 1. The monoisotopic (exact) mass is 294 g/mol. The number of hydrogen-bond donors (Lipinski definition) is 1. The number of hydrogen-bond acceptors (Lipinski definition) is 2. The summed E-state index contributed by atoms with van der Waals surface area (Å²) in [6, 6.07) is 5.82. The zero-order valence-electron chi connectivity index (χ0n) is 11.0. The summed E-state index contributed by atoms with van der Waals surface area (Å²) in [6.45, 7) is 0. The molecule has 20 heavy (non-hydrogen) atoms. The van der Waals surface area contributed by atoms with E-state index in [4.69, 9.17) is 11.6 Å². The fraction of sp³-hybridized carbons (Fsp3) is 0.467. The maximum absolute atomic E-state index is 13.8. The Morgan fingerprint density at radius 2 is 2.10 bits per heavy atom. The third-order valence-corrected chi connectivity index (χ3v) is 4.04. The molecule has 1 aliphatic carbocycles. The normalized spacial score (nSPS) is 17.2. The highest BCUT2D eigenvalue weighted by molar-refractivity contribution is 6.31. The van der Waals surface area contributed by atoms with Gasteiger partial charge in [0.2, 0.25) is 0 Å². The van der Waals surface area contributed by atoms with Crippen LogP contribution in [0.15, 0.2) is 18.2 Å². The molecule has 0 radical (unpaired) electrons. The molecule has 3 nitrogen and oxygen atoms in total. The van der Waals surface area contributed by atoms with Gasteiger partial charge < -0.3 is 5.32 Å². The Bertz CT molecular complexity index is 535. The van der Waals surface area contributed by atoms with Crippen molar-refractivity contribution in [2.24, 2.45) is 5.92 Å². The average molecular weight is 295 g/mol. The molecule has 1 aliphatic rings.